The molecule has 2 aromatic carbocycles. The van der Waals surface area contributed by atoms with E-state index >= 15 is 0 Å². The lowest BCUT2D eigenvalue weighted by atomic mass is 9.88. The minimum absolute atomic E-state index is 0.670. The van der Waals surface area contributed by atoms with E-state index in [1.54, 1.807) is 0 Å². The number of rotatable bonds is 1. The number of fused-ring (bicyclic) bond motifs is 1. The van der Waals surface area contributed by atoms with Gasteiger partial charge in [0.05, 0.1) is 0 Å². The highest BCUT2D eigenvalue weighted by molar-refractivity contribution is 5.86. The normalized spacial score (nSPS) is 21.3. The van der Waals surface area contributed by atoms with Crippen LogP contribution in [0.15, 0.2) is 42.5 Å². The van der Waals surface area contributed by atoms with Crippen LogP contribution in [0, 0.1) is 0 Å². The molecule has 1 atom stereocenters. The van der Waals surface area contributed by atoms with Gasteiger partial charge in [0.2, 0.25) is 0 Å². The van der Waals surface area contributed by atoms with Gasteiger partial charge in [-0.3, -0.25) is 0 Å². The Labute approximate surface area is 102 Å². The first-order valence-electron chi connectivity index (χ1n) is 6.50. The summed E-state index contributed by atoms with van der Waals surface area (Å²) in [5.41, 5.74) is 1.51. The Morgan fingerprint density at radius 3 is 2.76 bits per heavy atom. The summed E-state index contributed by atoms with van der Waals surface area (Å²) in [6, 6.07) is 15.4. The Kier molecular flexibility index (Phi) is 3.10. The van der Waals surface area contributed by atoms with Crippen LogP contribution in [-0.4, -0.2) is 13.2 Å². The molecule has 2 aromatic rings. The third-order valence-corrected chi connectivity index (χ3v) is 3.72. The summed E-state index contributed by atoms with van der Waals surface area (Å²) in [6.07, 6.45) is 3.61. The zero-order valence-electron chi connectivity index (χ0n) is 10.1. The molecule has 1 heterocycles. The van der Waals surface area contributed by atoms with E-state index in [1.165, 1.54) is 29.2 Å². The quantitative estimate of drug-likeness (QED) is 0.710. The largest absolute Gasteiger partial charge is 0.381 e. The fourth-order valence-corrected chi connectivity index (χ4v) is 2.82. The summed E-state index contributed by atoms with van der Waals surface area (Å²) < 4.78 is 5.56. The number of ether oxygens (including phenoxy) is 1. The Morgan fingerprint density at radius 1 is 0.882 bits per heavy atom. The van der Waals surface area contributed by atoms with Crippen LogP contribution in [0.25, 0.3) is 10.8 Å². The maximum absolute atomic E-state index is 5.56. The molecule has 0 amide bonds. The summed E-state index contributed by atoms with van der Waals surface area (Å²) in [7, 11) is 0. The molecule has 0 radical (unpaired) electrons. The molecule has 0 aliphatic carbocycles. The predicted molar refractivity (Wildman–Crippen MR) is 71.4 cm³/mol. The second-order valence-electron chi connectivity index (χ2n) is 4.81. The van der Waals surface area contributed by atoms with Gasteiger partial charge in [0.1, 0.15) is 0 Å². The minimum atomic E-state index is 0.670. The molecule has 1 unspecified atom stereocenters. The van der Waals surface area contributed by atoms with Crippen LogP contribution in [0.4, 0.5) is 0 Å². The summed E-state index contributed by atoms with van der Waals surface area (Å²) >= 11 is 0. The van der Waals surface area contributed by atoms with Crippen molar-refractivity contribution in [2.75, 3.05) is 13.2 Å². The molecule has 17 heavy (non-hydrogen) atoms. The zero-order chi connectivity index (χ0) is 11.5. The van der Waals surface area contributed by atoms with E-state index in [2.05, 4.69) is 42.5 Å². The van der Waals surface area contributed by atoms with Crippen molar-refractivity contribution in [1.82, 2.24) is 0 Å². The maximum Gasteiger partial charge on any atom is 0.0471 e. The van der Waals surface area contributed by atoms with E-state index in [1.807, 2.05) is 0 Å². The number of hydrogen-bond donors (Lipinski definition) is 0. The topological polar surface area (TPSA) is 9.23 Å². The van der Waals surface area contributed by atoms with E-state index in [-0.39, 0.29) is 0 Å². The molecule has 0 N–H and O–H groups in total. The molecule has 1 heteroatoms. The Balaban J connectivity index is 2.03. The van der Waals surface area contributed by atoms with Crippen LogP contribution in [0.5, 0.6) is 0 Å². The monoisotopic (exact) mass is 226 g/mol. The summed E-state index contributed by atoms with van der Waals surface area (Å²) in [6.45, 7) is 1.84. The lowest BCUT2D eigenvalue weighted by Gasteiger charge is -2.16. The lowest BCUT2D eigenvalue weighted by Crippen LogP contribution is -2.00. The summed E-state index contributed by atoms with van der Waals surface area (Å²) in [5, 5.41) is 2.78. The molecular weight excluding hydrogens is 208 g/mol. The van der Waals surface area contributed by atoms with Crippen molar-refractivity contribution >= 4 is 10.8 Å². The van der Waals surface area contributed by atoms with Crippen LogP contribution in [-0.2, 0) is 4.74 Å². The third kappa shape index (κ3) is 2.20. The molecule has 3 rings (SSSR count). The highest BCUT2D eigenvalue weighted by Crippen LogP contribution is 2.32. The lowest BCUT2D eigenvalue weighted by molar-refractivity contribution is 0.143. The van der Waals surface area contributed by atoms with Crippen LogP contribution in [0.3, 0.4) is 0 Å². The van der Waals surface area contributed by atoms with E-state index in [0.717, 1.165) is 19.6 Å². The molecule has 0 aromatic heterocycles. The smallest absolute Gasteiger partial charge is 0.0471 e. The van der Waals surface area contributed by atoms with Gasteiger partial charge in [-0.15, -0.1) is 0 Å². The van der Waals surface area contributed by atoms with Gasteiger partial charge in [-0.05, 0) is 41.5 Å². The van der Waals surface area contributed by atoms with E-state index in [4.69, 9.17) is 4.74 Å². The van der Waals surface area contributed by atoms with Crippen LogP contribution in [0.2, 0.25) is 0 Å². The molecule has 1 aliphatic heterocycles. The van der Waals surface area contributed by atoms with E-state index < -0.39 is 0 Å². The molecule has 0 saturated carbocycles. The Hall–Kier alpha value is -1.34. The summed E-state index contributed by atoms with van der Waals surface area (Å²) in [4.78, 5) is 0. The van der Waals surface area contributed by atoms with Gasteiger partial charge in [0.15, 0.2) is 0 Å². The number of benzene rings is 2. The van der Waals surface area contributed by atoms with Gasteiger partial charge < -0.3 is 4.74 Å². The second-order valence-corrected chi connectivity index (χ2v) is 4.81. The van der Waals surface area contributed by atoms with Crippen molar-refractivity contribution in [3.63, 3.8) is 0 Å². The zero-order valence-corrected chi connectivity index (χ0v) is 10.1. The van der Waals surface area contributed by atoms with Crippen molar-refractivity contribution in [3.05, 3.63) is 48.0 Å². The third-order valence-electron chi connectivity index (χ3n) is 3.72. The standard InChI is InChI=1S/C16H18O/c1-2-8-15-13(5-1)6-3-9-16(15)14-7-4-11-17-12-10-14/h1-3,5-6,8-9,14H,4,7,10-12H2. The fourth-order valence-electron chi connectivity index (χ4n) is 2.82. The van der Waals surface area contributed by atoms with Crippen molar-refractivity contribution in [2.45, 2.75) is 25.2 Å². The van der Waals surface area contributed by atoms with Crippen molar-refractivity contribution in [1.29, 1.82) is 0 Å². The van der Waals surface area contributed by atoms with Gasteiger partial charge in [-0.1, -0.05) is 42.5 Å². The molecule has 0 bridgehead atoms. The maximum atomic E-state index is 5.56. The first-order chi connectivity index (χ1) is 8.45. The molecule has 1 aliphatic rings. The fraction of sp³-hybridized carbons (Fsp3) is 0.375. The SMILES string of the molecule is c1ccc2c(C3CCCOCC3)cccc2c1. The van der Waals surface area contributed by atoms with Crippen molar-refractivity contribution < 1.29 is 4.74 Å². The van der Waals surface area contributed by atoms with Crippen LogP contribution < -0.4 is 0 Å². The molecule has 88 valence electrons. The average Bonchev–Trinajstić information content (AvgIpc) is 2.67. The van der Waals surface area contributed by atoms with E-state index in [9.17, 15) is 0 Å². The van der Waals surface area contributed by atoms with Gasteiger partial charge in [-0.25, -0.2) is 0 Å². The molecular formula is C16H18O. The van der Waals surface area contributed by atoms with Crippen molar-refractivity contribution in [3.8, 4) is 0 Å². The minimum Gasteiger partial charge on any atom is -0.381 e. The van der Waals surface area contributed by atoms with Gasteiger partial charge in [-0.2, -0.15) is 0 Å². The highest BCUT2D eigenvalue weighted by Gasteiger charge is 2.16. The van der Waals surface area contributed by atoms with Crippen molar-refractivity contribution in [2.24, 2.45) is 0 Å². The van der Waals surface area contributed by atoms with Gasteiger partial charge in [0.25, 0.3) is 0 Å². The first-order valence-corrected chi connectivity index (χ1v) is 6.50. The Bertz CT molecular complexity index is 490. The molecule has 1 nitrogen and oxygen atoms in total. The first kappa shape index (κ1) is 10.8. The van der Waals surface area contributed by atoms with E-state index in [0.29, 0.717) is 5.92 Å². The molecule has 1 fully saturated rings. The predicted octanol–water partition coefficient (Wildman–Crippen LogP) is 4.12. The molecule has 1 saturated heterocycles. The van der Waals surface area contributed by atoms with Gasteiger partial charge in [0, 0.05) is 13.2 Å². The highest BCUT2D eigenvalue weighted by atomic mass is 16.5. The van der Waals surface area contributed by atoms with Gasteiger partial charge >= 0.3 is 0 Å². The summed E-state index contributed by atoms with van der Waals surface area (Å²) in [5.74, 6) is 0.670. The average molecular weight is 226 g/mol. The Morgan fingerprint density at radius 2 is 1.76 bits per heavy atom. The second kappa shape index (κ2) is 4.89. The van der Waals surface area contributed by atoms with Crippen LogP contribution in [0.1, 0.15) is 30.7 Å². The van der Waals surface area contributed by atoms with Crippen LogP contribution >= 0.6 is 0 Å². The number of hydrogen-bond acceptors (Lipinski definition) is 1. The molecule has 0 spiro atoms.